The molecule has 1 N–H and O–H groups in total. The highest BCUT2D eigenvalue weighted by Gasteiger charge is 2.39. The van der Waals surface area contributed by atoms with Crippen molar-refractivity contribution in [2.24, 2.45) is 11.8 Å². The SMILES string of the molecule is CN1CCC([C@@H]2OCC[C@H]2C(=O)O)CC1. The van der Waals surface area contributed by atoms with Crippen molar-refractivity contribution in [1.29, 1.82) is 0 Å². The van der Waals surface area contributed by atoms with Gasteiger partial charge in [-0.2, -0.15) is 0 Å². The van der Waals surface area contributed by atoms with Crippen molar-refractivity contribution < 1.29 is 14.6 Å². The van der Waals surface area contributed by atoms with Crippen molar-refractivity contribution >= 4 is 5.97 Å². The molecule has 2 aliphatic heterocycles. The van der Waals surface area contributed by atoms with Crippen LogP contribution in [0.4, 0.5) is 0 Å². The molecule has 0 saturated carbocycles. The molecule has 2 heterocycles. The van der Waals surface area contributed by atoms with Crippen molar-refractivity contribution in [2.75, 3.05) is 26.7 Å². The lowest BCUT2D eigenvalue weighted by Gasteiger charge is -2.33. The Morgan fingerprint density at radius 1 is 1.33 bits per heavy atom. The maximum Gasteiger partial charge on any atom is 0.309 e. The molecule has 0 aromatic carbocycles. The van der Waals surface area contributed by atoms with Gasteiger partial charge in [-0.1, -0.05) is 0 Å². The second kappa shape index (κ2) is 4.49. The molecule has 4 heteroatoms. The molecule has 2 atom stereocenters. The molecule has 0 unspecified atom stereocenters. The minimum absolute atomic E-state index is 0.0313. The Hall–Kier alpha value is -0.610. The van der Waals surface area contributed by atoms with Crippen LogP contribution in [0.5, 0.6) is 0 Å². The third-order valence-corrected chi connectivity index (χ3v) is 3.68. The number of likely N-dealkylation sites (tertiary alicyclic amines) is 1. The second-order valence-electron chi connectivity index (χ2n) is 4.71. The predicted molar refractivity (Wildman–Crippen MR) is 55.7 cm³/mol. The number of nitrogens with zero attached hydrogens (tertiary/aromatic N) is 1. The number of piperidine rings is 1. The lowest BCUT2D eigenvalue weighted by Crippen LogP contribution is -2.39. The van der Waals surface area contributed by atoms with Gasteiger partial charge in [-0.25, -0.2) is 0 Å². The maximum atomic E-state index is 11.0. The number of carbonyl (C=O) groups is 1. The number of aliphatic carboxylic acids is 1. The maximum absolute atomic E-state index is 11.0. The Kier molecular flexibility index (Phi) is 3.26. The van der Waals surface area contributed by atoms with Gasteiger partial charge >= 0.3 is 5.97 Å². The van der Waals surface area contributed by atoms with Crippen molar-refractivity contribution in [3.63, 3.8) is 0 Å². The molecule has 0 spiro atoms. The monoisotopic (exact) mass is 213 g/mol. The lowest BCUT2D eigenvalue weighted by molar-refractivity contribution is -0.145. The van der Waals surface area contributed by atoms with Crippen molar-refractivity contribution in [3.8, 4) is 0 Å². The molecule has 0 aromatic heterocycles. The molecule has 15 heavy (non-hydrogen) atoms. The fourth-order valence-corrected chi connectivity index (χ4v) is 2.70. The Morgan fingerprint density at radius 2 is 2.00 bits per heavy atom. The van der Waals surface area contributed by atoms with Gasteiger partial charge in [0, 0.05) is 6.61 Å². The van der Waals surface area contributed by atoms with E-state index in [0.29, 0.717) is 18.9 Å². The molecule has 0 amide bonds. The summed E-state index contributed by atoms with van der Waals surface area (Å²) < 4.78 is 5.60. The van der Waals surface area contributed by atoms with Crippen LogP contribution in [0.3, 0.4) is 0 Å². The third-order valence-electron chi connectivity index (χ3n) is 3.68. The van der Waals surface area contributed by atoms with Gasteiger partial charge in [0.1, 0.15) is 0 Å². The number of carboxylic acids is 1. The number of rotatable bonds is 2. The quantitative estimate of drug-likeness (QED) is 0.737. The predicted octanol–water partition coefficient (Wildman–Crippen LogP) is 0.818. The first-order valence-corrected chi connectivity index (χ1v) is 5.71. The fraction of sp³-hybridized carbons (Fsp3) is 0.909. The Bertz CT molecular complexity index is 236. The highest BCUT2D eigenvalue weighted by atomic mass is 16.5. The molecule has 0 aliphatic carbocycles. The molecule has 2 saturated heterocycles. The van der Waals surface area contributed by atoms with Crippen LogP contribution in [0.15, 0.2) is 0 Å². The zero-order chi connectivity index (χ0) is 10.8. The molecule has 2 aliphatic rings. The molecule has 86 valence electrons. The first-order chi connectivity index (χ1) is 7.18. The van der Waals surface area contributed by atoms with E-state index >= 15 is 0 Å². The summed E-state index contributed by atoms with van der Waals surface area (Å²) >= 11 is 0. The summed E-state index contributed by atoms with van der Waals surface area (Å²) in [6.07, 6.45) is 2.80. The van der Waals surface area contributed by atoms with E-state index in [1.807, 2.05) is 0 Å². The van der Waals surface area contributed by atoms with Gasteiger partial charge in [-0.15, -0.1) is 0 Å². The number of hydrogen-bond donors (Lipinski definition) is 1. The largest absolute Gasteiger partial charge is 0.481 e. The van der Waals surface area contributed by atoms with Crippen LogP contribution in [0, 0.1) is 11.8 Å². The van der Waals surface area contributed by atoms with Gasteiger partial charge in [0.15, 0.2) is 0 Å². The van der Waals surface area contributed by atoms with Gasteiger partial charge in [0.05, 0.1) is 12.0 Å². The van der Waals surface area contributed by atoms with E-state index in [4.69, 9.17) is 9.84 Å². The Balaban J connectivity index is 1.94. The van der Waals surface area contributed by atoms with Gasteiger partial charge in [-0.05, 0) is 45.3 Å². The summed E-state index contributed by atoms with van der Waals surface area (Å²) in [5.74, 6) is -0.500. The Labute approximate surface area is 90.2 Å². The number of hydrogen-bond acceptors (Lipinski definition) is 3. The molecule has 0 radical (unpaired) electrons. The molecule has 0 bridgehead atoms. The summed E-state index contributed by atoms with van der Waals surface area (Å²) in [6.45, 7) is 2.75. The summed E-state index contributed by atoms with van der Waals surface area (Å²) in [7, 11) is 2.11. The zero-order valence-electron chi connectivity index (χ0n) is 9.19. The average Bonchev–Trinajstić information content (AvgIpc) is 2.67. The minimum Gasteiger partial charge on any atom is -0.481 e. The fourth-order valence-electron chi connectivity index (χ4n) is 2.70. The molecule has 4 nitrogen and oxygen atoms in total. The van der Waals surface area contributed by atoms with Crippen LogP contribution in [0.1, 0.15) is 19.3 Å². The first-order valence-electron chi connectivity index (χ1n) is 5.71. The number of carboxylic acid groups (broad SMARTS) is 1. The highest BCUT2D eigenvalue weighted by molar-refractivity contribution is 5.71. The van der Waals surface area contributed by atoms with Gasteiger partial charge < -0.3 is 14.7 Å². The molecular weight excluding hydrogens is 194 g/mol. The minimum atomic E-state index is -0.684. The van der Waals surface area contributed by atoms with Crippen LogP contribution >= 0.6 is 0 Å². The van der Waals surface area contributed by atoms with E-state index in [0.717, 1.165) is 25.9 Å². The van der Waals surface area contributed by atoms with Gasteiger partial charge in [0.2, 0.25) is 0 Å². The van der Waals surface area contributed by atoms with E-state index in [1.54, 1.807) is 0 Å². The van der Waals surface area contributed by atoms with E-state index < -0.39 is 5.97 Å². The van der Waals surface area contributed by atoms with Crippen molar-refractivity contribution in [3.05, 3.63) is 0 Å². The molecule has 0 aromatic rings. The van der Waals surface area contributed by atoms with Crippen molar-refractivity contribution in [2.45, 2.75) is 25.4 Å². The molecular formula is C11H19NO3. The van der Waals surface area contributed by atoms with Crippen LogP contribution in [-0.2, 0) is 9.53 Å². The van der Waals surface area contributed by atoms with E-state index in [-0.39, 0.29) is 12.0 Å². The lowest BCUT2D eigenvalue weighted by atomic mass is 9.84. The molecule has 2 rings (SSSR count). The smallest absolute Gasteiger partial charge is 0.309 e. The van der Waals surface area contributed by atoms with E-state index in [2.05, 4.69) is 11.9 Å². The van der Waals surface area contributed by atoms with Crippen LogP contribution < -0.4 is 0 Å². The summed E-state index contributed by atoms with van der Waals surface area (Å²) in [5, 5.41) is 9.08. The van der Waals surface area contributed by atoms with Crippen LogP contribution in [0.2, 0.25) is 0 Å². The standard InChI is InChI=1S/C11H19NO3/c1-12-5-2-8(3-6-12)10-9(11(13)14)4-7-15-10/h8-10H,2-7H2,1H3,(H,13,14)/t9-,10+/m1/s1. The normalized spacial score (nSPS) is 34.5. The van der Waals surface area contributed by atoms with E-state index in [1.165, 1.54) is 0 Å². The van der Waals surface area contributed by atoms with Crippen molar-refractivity contribution in [1.82, 2.24) is 4.90 Å². The van der Waals surface area contributed by atoms with Crippen LogP contribution in [0.25, 0.3) is 0 Å². The topological polar surface area (TPSA) is 49.8 Å². The van der Waals surface area contributed by atoms with Crippen LogP contribution in [-0.4, -0.2) is 48.8 Å². The average molecular weight is 213 g/mol. The Morgan fingerprint density at radius 3 is 2.60 bits per heavy atom. The highest BCUT2D eigenvalue weighted by Crippen LogP contribution is 2.32. The third kappa shape index (κ3) is 2.32. The summed E-state index contributed by atoms with van der Waals surface area (Å²) in [4.78, 5) is 13.3. The number of ether oxygens (including phenoxy) is 1. The second-order valence-corrected chi connectivity index (χ2v) is 4.71. The first kappa shape index (κ1) is 10.9. The summed E-state index contributed by atoms with van der Waals surface area (Å²) in [5.41, 5.74) is 0. The van der Waals surface area contributed by atoms with Gasteiger partial charge in [0.25, 0.3) is 0 Å². The summed E-state index contributed by atoms with van der Waals surface area (Å²) in [6, 6.07) is 0. The zero-order valence-corrected chi connectivity index (χ0v) is 9.19. The molecule has 2 fully saturated rings. The van der Waals surface area contributed by atoms with E-state index in [9.17, 15) is 4.79 Å². The van der Waals surface area contributed by atoms with Gasteiger partial charge in [-0.3, -0.25) is 4.79 Å².